The molecule has 19 heavy (non-hydrogen) atoms. The lowest BCUT2D eigenvalue weighted by molar-refractivity contribution is -0.168. The van der Waals surface area contributed by atoms with E-state index >= 15 is 0 Å². The van der Waals surface area contributed by atoms with Crippen molar-refractivity contribution in [3.63, 3.8) is 0 Å². The summed E-state index contributed by atoms with van der Waals surface area (Å²) in [5, 5.41) is 9.80. The highest BCUT2D eigenvalue weighted by Gasteiger charge is 2.46. The SMILES string of the molecule is CCCC(O)=C1C(=O)CC2(CCC(C)CC2)OC1=O. The summed E-state index contributed by atoms with van der Waals surface area (Å²) >= 11 is 0. The van der Waals surface area contributed by atoms with E-state index in [1.807, 2.05) is 6.92 Å². The van der Waals surface area contributed by atoms with Crippen LogP contribution in [0.4, 0.5) is 0 Å². The van der Waals surface area contributed by atoms with Crippen LogP contribution in [0.25, 0.3) is 0 Å². The summed E-state index contributed by atoms with van der Waals surface area (Å²) in [6, 6.07) is 0. The van der Waals surface area contributed by atoms with Gasteiger partial charge in [0.15, 0.2) is 5.78 Å². The smallest absolute Gasteiger partial charge is 0.345 e. The molecule has 1 N–H and O–H groups in total. The monoisotopic (exact) mass is 266 g/mol. The molecule has 0 atom stereocenters. The summed E-state index contributed by atoms with van der Waals surface area (Å²) in [6.45, 7) is 4.07. The van der Waals surface area contributed by atoms with Gasteiger partial charge in [-0.05, 0) is 38.0 Å². The summed E-state index contributed by atoms with van der Waals surface area (Å²) in [4.78, 5) is 24.2. The Morgan fingerprint density at radius 2 is 2.00 bits per heavy atom. The van der Waals surface area contributed by atoms with Crippen LogP contribution in [-0.4, -0.2) is 22.5 Å². The summed E-state index contributed by atoms with van der Waals surface area (Å²) < 4.78 is 5.54. The number of ether oxygens (including phenoxy) is 1. The van der Waals surface area contributed by atoms with Crippen molar-refractivity contribution < 1.29 is 19.4 Å². The van der Waals surface area contributed by atoms with Crippen LogP contribution in [0.3, 0.4) is 0 Å². The zero-order chi connectivity index (χ0) is 14.0. The Morgan fingerprint density at radius 3 is 2.53 bits per heavy atom. The number of carbonyl (C=O) groups excluding carboxylic acids is 2. The first kappa shape index (κ1) is 14.1. The van der Waals surface area contributed by atoms with E-state index in [1.165, 1.54) is 0 Å². The number of aliphatic hydroxyl groups excluding tert-OH is 1. The molecule has 0 aromatic heterocycles. The van der Waals surface area contributed by atoms with Crippen molar-refractivity contribution in [2.24, 2.45) is 5.92 Å². The molecule has 1 heterocycles. The molecule has 1 aliphatic heterocycles. The van der Waals surface area contributed by atoms with Crippen LogP contribution in [0.5, 0.6) is 0 Å². The lowest BCUT2D eigenvalue weighted by Gasteiger charge is -2.41. The van der Waals surface area contributed by atoms with E-state index in [4.69, 9.17) is 4.74 Å². The second-order valence-electron chi connectivity index (χ2n) is 5.93. The van der Waals surface area contributed by atoms with Gasteiger partial charge in [-0.3, -0.25) is 4.79 Å². The number of ketones is 1. The number of Topliss-reactive ketones (excluding diaryl/α,β-unsaturated/α-hetero) is 1. The summed E-state index contributed by atoms with van der Waals surface area (Å²) in [7, 11) is 0. The highest BCUT2D eigenvalue weighted by atomic mass is 16.6. The molecule has 0 unspecified atom stereocenters. The Kier molecular flexibility index (Phi) is 3.97. The van der Waals surface area contributed by atoms with E-state index in [2.05, 4.69) is 6.92 Å². The van der Waals surface area contributed by atoms with Crippen LogP contribution in [0.1, 0.15) is 58.8 Å². The zero-order valence-corrected chi connectivity index (χ0v) is 11.7. The van der Waals surface area contributed by atoms with Crippen molar-refractivity contribution in [1.82, 2.24) is 0 Å². The number of rotatable bonds is 2. The maximum Gasteiger partial charge on any atom is 0.345 e. The van der Waals surface area contributed by atoms with Crippen LogP contribution in [0, 0.1) is 5.92 Å². The van der Waals surface area contributed by atoms with E-state index in [-0.39, 0.29) is 23.5 Å². The first-order valence-corrected chi connectivity index (χ1v) is 7.16. The molecule has 4 heteroatoms. The number of hydrogen-bond donors (Lipinski definition) is 1. The van der Waals surface area contributed by atoms with Crippen LogP contribution in [0.2, 0.25) is 0 Å². The van der Waals surface area contributed by atoms with Crippen LogP contribution < -0.4 is 0 Å². The van der Waals surface area contributed by atoms with Crippen molar-refractivity contribution in [3.05, 3.63) is 11.3 Å². The summed E-state index contributed by atoms with van der Waals surface area (Å²) in [5.74, 6) is -0.366. The van der Waals surface area contributed by atoms with Crippen molar-refractivity contribution >= 4 is 11.8 Å². The average molecular weight is 266 g/mol. The second kappa shape index (κ2) is 5.35. The molecule has 2 rings (SSSR count). The van der Waals surface area contributed by atoms with E-state index in [0.717, 1.165) is 25.7 Å². The molecule has 1 saturated carbocycles. The fourth-order valence-corrected chi connectivity index (χ4v) is 2.99. The van der Waals surface area contributed by atoms with Gasteiger partial charge in [-0.1, -0.05) is 13.8 Å². The van der Waals surface area contributed by atoms with Crippen LogP contribution >= 0.6 is 0 Å². The number of carbonyl (C=O) groups is 2. The van der Waals surface area contributed by atoms with Crippen LogP contribution in [-0.2, 0) is 14.3 Å². The predicted octanol–water partition coefficient (Wildman–Crippen LogP) is 3.06. The van der Waals surface area contributed by atoms with Crippen LogP contribution in [0.15, 0.2) is 11.3 Å². The fraction of sp³-hybridized carbons (Fsp3) is 0.733. The fourth-order valence-electron chi connectivity index (χ4n) is 2.99. The molecule has 0 radical (unpaired) electrons. The second-order valence-corrected chi connectivity index (χ2v) is 5.93. The molecule has 0 aromatic carbocycles. The third-order valence-corrected chi connectivity index (χ3v) is 4.24. The van der Waals surface area contributed by atoms with Crippen molar-refractivity contribution in [1.29, 1.82) is 0 Å². The highest BCUT2D eigenvalue weighted by Crippen LogP contribution is 2.41. The average Bonchev–Trinajstić information content (AvgIpc) is 2.33. The minimum Gasteiger partial charge on any atom is -0.511 e. The number of allylic oxidation sites excluding steroid dienone is 1. The van der Waals surface area contributed by atoms with Gasteiger partial charge in [0.2, 0.25) is 0 Å². The molecule has 0 bridgehead atoms. The lowest BCUT2D eigenvalue weighted by atomic mass is 9.75. The van der Waals surface area contributed by atoms with Gasteiger partial charge in [0.1, 0.15) is 16.9 Å². The molecular weight excluding hydrogens is 244 g/mol. The third kappa shape index (κ3) is 2.82. The van der Waals surface area contributed by atoms with Gasteiger partial charge >= 0.3 is 5.97 Å². The van der Waals surface area contributed by atoms with Gasteiger partial charge in [0.25, 0.3) is 0 Å². The molecule has 106 valence electrons. The molecule has 0 amide bonds. The molecule has 1 saturated heterocycles. The molecule has 4 nitrogen and oxygen atoms in total. The first-order chi connectivity index (χ1) is 8.97. The van der Waals surface area contributed by atoms with Crippen molar-refractivity contribution in [2.75, 3.05) is 0 Å². The Balaban J connectivity index is 2.17. The maximum absolute atomic E-state index is 12.2. The minimum absolute atomic E-state index is 0.114. The topological polar surface area (TPSA) is 63.6 Å². The predicted molar refractivity (Wildman–Crippen MR) is 70.6 cm³/mol. The molecule has 2 fully saturated rings. The number of hydrogen-bond acceptors (Lipinski definition) is 4. The Bertz CT molecular complexity index is 392. The molecule has 1 aliphatic carbocycles. The summed E-state index contributed by atoms with van der Waals surface area (Å²) in [6.07, 6.45) is 4.76. The Morgan fingerprint density at radius 1 is 1.37 bits per heavy atom. The zero-order valence-electron chi connectivity index (χ0n) is 11.7. The van der Waals surface area contributed by atoms with Gasteiger partial charge in [-0.2, -0.15) is 0 Å². The van der Waals surface area contributed by atoms with E-state index in [0.29, 0.717) is 18.8 Å². The lowest BCUT2D eigenvalue weighted by Crippen LogP contribution is -2.46. The molecule has 1 spiro atoms. The van der Waals surface area contributed by atoms with Gasteiger partial charge in [0, 0.05) is 6.42 Å². The largest absolute Gasteiger partial charge is 0.511 e. The normalized spacial score (nSPS) is 34.3. The van der Waals surface area contributed by atoms with Gasteiger partial charge in [-0.15, -0.1) is 0 Å². The molecular formula is C15H22O4. The highest BCUT2D eigenvalue weighted by molar-refractivity contribution is 6.19. The van der Waals surface area contributed by atoms with E-state index < -0.39 is 11.6 Å². The number of aliphatic hydroxyl groups is 1. The summed E-state index contributed by atoms with van der Waals surface area (Å²) in [5.41, 5.74) is -0.720. The Labute approximate surface area is 113 Å². The first-order valence-electron chi connectivity index (χ1n) is 7.16. The van der Waals surface area contributed by atoms with Gasteiger partial charge in [0.05, 0.1) is 6.42 Å². The Hall–Kier alpha value is -1.32. The third-order valence-electron chi connectivity index (χ3n) is 4.24. The van der Waals surface area contributed by atoms with E-state index in [9.17, 15) is 14.7 Å². The molecule has 2 aliphatic rings. The number of esters is 1. The van der Waals surface area contributed by atoms with E-state index in [1.54, 1.807) is 0 Å². The van der Waals surface area contributed by atoms with Gasteiger partial charge in [-0.25, -0.2) is 4.79 Å². The van der Waals surface area contributed by atoms with Crippen molar-refractivity contribution in [2.45, 2.75) is 64.4 Å². The molecule has 0 aromatic rings. The minimum atomic E-state index is -0.628. The maximum atomic E-state index is 12.2. The quantitative estimate of drug-likeness (QED) is 0.361. The standard InChI is InChI=1S/C15H22O4/c1-3-4-11(16)13-12(17)9-15(19-14(13)18)7-5-10(2)6-8-15/h10,16H,3-9H2,1-2H3. The van der Waals surface area contributed by atoms with Gasteiger partial charge < -0.3 is 9.84 Å². The van der Waals surface area contributed by atoms with Crippen molar-refractivity contribution in [3.8, 4) is 0 Å².